The number of rotatable bonds is 12. The number of aliphatic hydroxyl groups is 1. The first-order valence-corrected chi connectivity index (χ1v) is 27.8. The van der Waals surface area contributed by atoms with E-state index in [1.165, 1.54) is 23.3 Å². The normalized spacial score (nSPS) is 25.6. The van der Waals surface area contributed by atoms with Crippen LogP contribution in [-0.2, 0) is 19.5 Å². The molecule has 11 rings (SSSR count). The molecule has 2 aliphatic carbocycles. The van der Waals surface area contributed by atoms with E-state index in [1.54, 1.807) is 6.07 Å². The number of hydrogen-bond donors (Lipinski definition) is 4. The first-order chi connectivity index (χ1) is 35.1. The van der Waals surface area contributed by atoms with Gasteiger partial charge in [-0.3, -0.25) is 19.8 Å². The van der Waals surface area contributed by atoms with Gasteiger partial charge in [0.1, 0.15) is 23.1 Å². The average Bonchev–Trinajstić information content (AvgIpc) is 3.70. The number of ether oxygens (including phenoxy) is 3. The predicted octanol–water partition coefficient (Wildman–Crippen LogP) is 8.97. The lowest BCUT2D eigenvalue weighted by Crippen LogP contribution is -2.56. The van der Waals surface area contributed by atoms with Crippen molar-refractivity contribution in [2.24, 2.45) is 11.3 Å². The van der Waals surface area contributed by atoms with Crippen molar-refractivity contribution in [3.63, 3.8) is 0 Å². The second kappa shape index (κ2) is 19.8. The summed E-state index contributed by atoms with van der Waals surface area (Å²) in [6.45, 7) is 11.7. The molecule has 0 radical (unpaired) electrons. The van der Waals surface area contributed by atoms with Gasteiger partial charge in [-0.05, 0) is 142 Å². The van der Waals surface area contributed by atoms with Crippen LogP contribution in [0.1, 0.15) is 118 Å². The van der Waals surface area contributed by atoms with Gasteiger partial charge in [-0.15, -0.1) is 0 Å². The maximum Gasteiger partial charge on any atom is 0.293 e. The van der Waals surface area contributed by atoms with Crippen LogP contribution >= 0.6 is 0 Å². The molecule has 2 saturated carbocycles. The van der Waals surface area contributed by atoms with Crippen LogP contribution in [0.25, 0.3) is 11.0 Å². The summed E-state index contributed by atoms with van der Waals surface area (Å²) in [4.78, 5) is 41.3. The van der Waals surface area contributed by atoms with Crippen molar-refractivity contribution in [3.8, 4) is 5.88 Å². The molecule has 0 unspecified atom stereocenters. The molecule has 2 aromatic heterocycles. The number of carbonyl (C=O) groups excluding carboxylic acids is 1. The lowest BCUT2D eigenvalue weighted by Gasteiger charge is -2.56. The Morgan fingerprint density at radius 1 is 0.945 bits per heavy atom. The Balaban J connectivity index is 0.865. The van der Waals surface area contributed by atoms with E-state index in [0.717, 1.165) is 88.3 Å². The number of nitro groups is 1. The molecule has 17 nitrogen and oxygen atoms in total. The molecule has 388 valence electrons. The fraction of sp³-hybridized carbons (Fsp3) is 0.527. The van der Waals surface area contributed by atoms with Crippen LogP contribution in [0.2, 0.25) is 0 Å². The highest BCUT2D eigenvalue weighted by molar-refractivity contribution is 7.90. The average molecular weight is 1020 g/mol. The molecule has 0 bridgehead atoms. The molecule has 6 heterocycles. The minimum absolute atomic E-state index is 0.115. The summed E-state index contributed by atoms with van der Waals surface area (Å²) >= 11 is 0. The summed E-state index contributed by atoms with van der Waals surface area (Å²) < 4.78 is 49.3. The maximum atomic E-state index is 14.7. The molecular weight excluding hydrogens is 949 g/mol. The van der Waals surface area contributed by atoms with Gasteiger partial charge in [-0.25, -0.2) is 13.1 Å². The third kappa shape index (κ3) is 9.88. The number of nitrogens with zero attached hydrogens (tertiary/aromatic N) is 5. The van der Waals surface area contributed by atoms with Crippen molar-refractivity contribution in [1.29, 1.82) is 0 Å². The number of aromatic amines is 1. The summed E-state index contributed by atoms with van der Waals surface area (Å²) in [7, 11) is -4.62. The van der Waals surface area contributed by atoms with Gasteiger partial charge in [-0.2, -0.15) is 4.98 Å². The number of nitrogens with one attached hydrogen (secondary N) is 3. The van der Waals surface area contributed by atoms with Crippen molar-refractivity contribution >= 4 is 55.4 Å². The number of benzene rings is 3. The molecule has 18 heteroatoms. The smallest absolute Gasteiger partial charge is 0.293 e. The zero-order chi connectivity index (χ0) is 50.6. The number of pyridine rings is 1. The number of fused-ring (bicyclic) bond motifs is 3. The lowest BCUT2D eigenvalue weighted by molar-refractivity contribution is -0.384. The van der Waals surface area contributed by atoms with E-state index in [0.29, 0.717) is 80.5 Å². The molecular formula is C55H68N8O9S. The Bertz CT molecular complexity index is 2970. The number of sulfonamides is 1. The lowest BCUT2D eigenvalue weighted by atomic mass is 9.59. The SMILES string of the molecule is CC(C)c1ccccc1[C@@H]1COCCCN1C1CC2(CCN(c3ccc(C(=O)NS(=O)(=O)c4ccc(NCC5CCC(C)(O)CC5)c([N+](=O)[O-])c4)c(N4c5cc6cc[nH]c6nc5O[C@H]5COCC[C@@H]54)c3)CC2)C1. The van der Waals surface area contributed by atoms with Crippen LogP contribution in [-0.4, -0.2) is 116 Å². The van der Waals surface area contributed by atoms with E-state index in [2.05, 4.69) is 67.8 Å². The maximum absolute atomic E-state index is 14.7. The van der Waals surface area contributed by atoms with Crippen molar-refractivity contribution in [1.82, 2.24) is 19.6 Å². The summed E-state index contributed by atoms with van der Waals surface area (Å²) in [5, 5.41) is 26.8. The van der Waals surface area contributed by atoms with E-state index in [-0.39, 0.29) is 34.7 Å². The summed E-state index contributed by atoms with van der Waals surface area (Å²) in [6, 6.07) is 22.5. The Kier molecular flexibility index (Phi) is 13.4. The van der Waals surface area contributed by atoms with Crippen molar-refractivity contribution in [2.75, 3.05) is 67.7 Å². The summed E-state index contributed by atoms with van der Waals surface area (Å²) in [5.74, 6) is 0.113. The first-order valence-electron chi connectivity index (χ1n) is 26.3. The molecule has 3 atom stereocenters. The van der Waals surface area contributed by atoms with Crippen LogP contribution in [0.4, 0.5) is 28.4 Å². The monoisotopic (exact) mass is 1020 g/mol. The van der Waals surface area contributed by atoms with Crippen molar-refractivity contribution in [3.05, 3.63) is 106 Å². The number of hydrogen-bond acceptors (Lipinski definition) is 14. The van der Waals surface area contributed by atoms with Gasteiger partial charge >= 0.3 is 0 Å². The van der Waals surface area contributed by atoms with Gasteiger partial charge in [0.25, 0.3) is 21.6 Å². The second-order valence-corrected chi connectivity index (χ2v) is 23.8. The molecule has 5 aromatic rings. The van der Waals surface area contributed by atoms with E-state index >= 15 is 0 Å². The largest absolute Gasteiger partial charge is 0.468 e. The van der Waals surface area contributed by atoms with E-state index in [9.17, 15) is 28.4 Å². The number of amides is 1. The van der Waals surface area contributed by atoms with Gasteiger partial charge in [-0.1, -0.05) is 38.1 Å². The van der Waals surface area contributed by atoms with E-state index < -0.39 is 43.1 Å². The van der Waals surface area contributed by atoms with Crippen LogP contribution in [0.15, 0.2) is 83.9 Å². The number of aromatic nitrogens is 2. The second-order valence-electron chi connectivity index (χ2n) is 22.1. The highest BCUT2D eigenvalue weighted by atomic mass is 32.2. The number of nitro benzene ring substituents is 1. The standard InChI is InChI=1S/C55H68N8O9S/c1-35(2)41-7-4-5-8-42(41)49-33-70-25-6-22-61(49)39-30-55(31-39)19-23-60(24-20-55)38-9-11-43(46(28-38)62-45-16-26-71-34-50(45)72-53-48(62)27-37-15-21-56-51(37)58-53)52(64)59-73(68,69)40-10-12-44(47(29-40)63(66)67)57-32-36-13-17-54(3,65)18-14-36/h4-5,7-12,15,21,27-29,35-36,39,45,49-50,57,65H,6,13-14,16-20,22-26,30-34H2,1-3H3,(H,56,58)(H,59,64)/t36?,45-,49-,50-,54?/m0/s1. The van der Waals surface area contributed by atoms with Crippen LogP contribution in [0.3, 0.4) is 0 Å². The van der Waals surface area contributed by atoms with E-state index in [4.69, 9.17) is 19.2 Å². The first kappa shape index (κ1) is 49.4. The highest BCUT2D eigenvalue weighted by Gasteiger charge is 2.50. The minimum atomic E-state index is -4.62. The molecule has 5 fully saturated rings. The predicted molar refractivity (Wildman–Crippen MR) is 279 cm³/mol. The molecule has 4 aliphatic heterocycles. The highest BCUT2D eigenvalue weighted by Crippen LogP contribution is 2.54. The number of anilines is 4. The number of carbonyl (C=O) groups is 1. The Hall–Kier alpha value is -5.79. The molecule has 6 aliphatic rings. The fourth-order valence-corrected chi connectivity index (χ4v) is 13.7. The molecule has 3 saturated heterocycles. The van der Waals surface area contributed by atoms with Gasteiger partial charge in [0.2, 0.25) is 5.88 Å². The molecule has 1 amide bonds. The zero-order valence-corrected chi connectivity index (χ0v) is 42.9. The number of piperidine rings is 1. The minimum Gasteiger partial charge on any atom is -0.468 e. The van der Waals surface area contributed by atoms with Gasteiger partial charge in [0, 0.05) is 68.8 Å². The summed E-state index contributed by atoms with van der Waals surface area (Å²) in [5.41, 5.74) is 4.88. The Labute approximate surface area is 427 Å². The third-order valence-corrected chi connectivity index (χ3v) is 18.2. The fourth-order valence-electron chi connectivity index (χ4n) is 12.7. The van der Waals surface area contributed by atoms with Crippen molar-refractivity contribution < 1.29 is 37.5 Å². The quantitative estimate of drug-likeness (QED) is 0.0681. The number of H-pyrrole nitrogens is 1. The molecule has 73 heavy (non-hydrogen) atoms. The molecule has 4 N–H and O–H groups in total. The molecule has 1 spiro atoms. The van der Waals surface area contributed by atoms with Crippen LogP contribution in [0, 0.1) is 21.4 Å². The van der Waals surface area contributed by atoms with Crippen molar-refractivity contribution in [2.45, 2.75) is 126 Å². The van der Waals surface area contributed by atoms with Gasteiger partial charge in [0.05, 0.1) is 52.0 Å². The van der Waals surface area contributed by atoms with Gasteiger partial charge in [0.15, 0.2) is 0 Å². The Morgan fingerprint density at radius 2 is 1.73 bits per heavy atom. The van der Waals surface area contributed by atoms with Crippen LogP contribution < -0.4 is 24.6 Å². The summed E-state index contributed by atoms with van der Waals surface area (Å²) in [6.07, 6.45) is 10.1. The van der Waals surface area contributed by atoms with Crippen LogP contribution in [0.5, 0.6) is 5.88 Å². The zero-order valence-electron chi connectivity index (χ0n) is 42.1. The Morgan fingerprint density at radius 3 is 2.51 bits per heavy atom. The van der Waals surface area contributed by atoms with E-state index in [1.807, 2.05) is 37.4 Å². The third-order valence-electron chi connectivity index (χ3n) is 16.9. The van der Waals surface area contributed by atoms with Gasteiger partial charge < -0.3 is 39.4 Å². The molecule has 3 aromatic carbocycles. The topological polar surface area (TPSA) is 205 Å².